The van der Waals surface area contributed by atoms with Gasteiger partial charge in [0.2, 0.25) is 11.8 Å². The molecule has 2 atom stereocenters. The van der Waals surface area contributed by atoms with E-state index in [1.165, 1.54) is 23.6 Å². The van der Waals surface area contributed by atoms with Gasteiger partial charge < -0.3 is 5.32 Å². The summed E-state index contributed by atoms with van der Waals surface area (Å²) in [6, 6.07) is 11.3. The largest absolute Gasteiger partial charge is 0.313 e. The van der Waals surface area contributed by atoms with Crippen molar-refractivity contribution in [2.45, 2.75) is 38.3 Å². The Labute approximate surface area is 149 Å². The molecule has 0 aromatic heterocycles. The molecule has 2 saturated heterocycles. The Hall–Kier alpha value is -1.72. The molecule has 3 aliphatic rings. The number of amides is 2. The summed E-state index contributed by atoms with van der Waals surface area (Å²) in [5.74, 6) is 1.58. The first-order valence-corrected chi connectivity index (χ1v) is 9.55. The van der Waals surface area contributed by atoms with Crippen molar-refractivity contribution in [2.75, 3.05) is 26.2 Å². The average molecular weight is 341 g/mol. The van der Waals surface area contributed by atoms with Crippen LogP contribution in [-0.2, 0) is 16.1 Å². The van der Waals surface area contributed by atoms with Gasteiger partial charge in [0.15, 0.2) is 0 Å². The zero-order chi connectivity index (χ0) is 17.2. The summed E-state index contributed by atoms with van der Waals surface area (Å²) >= 11 is 0. The van der Waals surface area contributed by atoms with Gasteiger partial charge in [0.05, 0.1) is 0 Å². The predicted molar refractivity (Wildman–Crippen MR) is 95.7 cm³/mol. The minimum absolute atomic E-state index is 0.0103. The van der Waals surface area contributed by atoms with E-state index in [1.54, 1.807) is 0 Å². The number of benzene rings is 1. The van der Waals surface area contributed by atoms with Gasteiger partial charge in [0, 0.05) is 45.1 Å². The molecule has 1 aliphatic carbocycles. The third-order valence-corrected chi connectivity index (χ3v) is 5.84. The van der Waals surface area contributed by atoms with Crippen molar-refractivity contribution in [2.24, 2.45) is 11.8 Å². The van der Waals surface area contributed by atoms with E-state index in [4.69, 9.17) is 0 Å². The molecule has 5 nitrogen and oxygen atoms in total. The Morgan fingerprint density at radius 1 is 1.00 bits per heavy atom. The predicted octanol–water partition coefficient (Wildman–Crippen LogP) is 1.64. The van der Waals surface area contributed by atoms with E-state index in [-0.39, 0.29) is 11.8 Å². The number of likely N-dealkylation sites (tertiary alicyclic amines) is 2. The quantitative estimate of drug-likeness (QED) is 0.605. The van der Waals surface area contributed by atoms with Crippen LogP contribution < -0.4 is 5.32 Å². The highest BCUT2D eigenvalue weighted by Crippen LogP contribution is 2.45. The molecule has 1 aromatic rings. The molecule has 0 spiro atoms. The molecule has 0 bridgehead atoms. The number of hydrogen-bond donors (Lipinski definition) is 1. The first-order valence-electron chi connectivity index (χ1n) is 9.55. The second-order valence-corrected chi connectivity index (χ2v) is 7.63. The number of imide groups is 1. The highest BCUT2D eigenvalue weighted by Gasteiger charge is 2.54. The topological polar surface area (TPSA) is 52.7 Å². The van der Waals surface area contributed by atoms with Crippen LogP contribution in [0, 0.1) is 11.8 Å². The van der Waals surface area contributed by atoms with Crippen LogP contribution >= 0.6 is 0 Å². The fraction of sp³-hybridized carbons (Fsp3) is 0.600. The van der Waals surface area contributed by atoms with Gasteiger partial charge in [0.1, 0.15) is 0 Å². The van der Waals surface area contributed by atoms with Crippen molar-refractivity contribution in [1.82, 2.24) is 15.1 Å². The van der Waals surface area contributed by atoms with Crippen LogP contribution in [0.2, 0.25) is 0 Å². The Balaban J connectivity index is 1.13. The number of carbonyl (C=O) groups is 2. The fourth-order valence-electron chi connectivity index (χ4n) is 4.44. The van der Waals surface area contributed by atoms with E-state index < -0.39 is 0 Å². The summed E-state index contributed by atoms with van der Waals surface area (Å²) < 4.78 is 0. The van der Waals surface area contributed by atoms with Crippen molar-refractivity contribution >= 4 is 11.8 Å². The number of piperidine rings is 2. The number of carbonyl (C=O) groups excluding carboxylic acids is 2. The van der Waals surface area contributed by atoms with Crippen molar-refractivity contribution in [3.8, 4) is 0 Å². The van der Waals surface area contributed by atoms with E-state index in [2.05, 4.69) is 40.5 Å². The lowest BCUT2D eigenvalue weighted by molar-refractivity contribution is -0.147. The average Bonchev–Trinajstić information content (AvgIpc) is 3.06. The van der Waals surface area contributed by atoms with Crippen molar-refractivity contribution in [1.29, 1.82) is 0 Å². The van der Waals surface area contributed by atoms with Gasteiger partial charge in [0.25, 0.3) is 0 Å². The fourth-order valence-corrected chi connectivity index (χ4v) is 4.44. The molecule has 5 heteroatoms. The van der Waals surface area contributed by atoms with Gasteiger partial charge in [-0.3, -0.25) is 19.4 Å². The van der Waals surface area contributed by atoms with E-state index in [1.807, 2.05) is 0 Å². The van der Waals surface area contributed by atoms with Crippen LogP contribution in [0.5, 0.6) is 0 Å². The first kappa shape index (κ1) is 16.7. The van der Waals surface area contributed by atoms with Gasteiger partial charge in [-0.2, -0.15) is 0 Å². The second kappa shape index (κ2) is 7.26. The number of rotatable bonds is 7. The summed E-state index contributed by atoms with van der Waals surface area (Å²) in [7, 11) is 0. The van der Waals surface area contributed by atoms with Crippen LogP contribution in [0.3, 0.4) is 0 Å². The molecule has 1 saturated carbocycles. The third-order valence-electron chi connectivity index (χ3n) is 5.84. The minimum atomic E-state index is 0.0103. The molecular weight excluding hydrogens is 314 g/mol. The van der Waals surface area contributed by atoms with Crippen LogP contribution in [-0.4, -0.2) is 53.8 Å². The van der Waals surface area contributed by atoms with Crippen LogP contribution in [0.4, 0.5) is 0 Å². The minimum Gasteiger partial charge on any atom is -0.313 e. The molecule has 134 valence electrons. The maximum atomic E-state index is 11.8. The highest BCUT2D eigenvalue weighted by molar-refractivity contribution is 5.97. The smallest absolute Gasteiger partial charge is 0.229 e. The van der Waals surface area contributed by atoms with Crippen molar-refractivity contribution < 1.29 is 9.59 Å². The van der Waals surface area contributed by atoms with Crippen molar-refractivity contribution in [3.05, 3.63) is 35.9 Å². The molecule has 2 heterocycles. The molecule has 2 unspecified atom stereocenters. The van der Waals surface area contributed by atoms with Crippen LogP contribution in [0.25, 0.3) is 0 Å². The highest BCUT2D eigenvalue weighted by atomic mass is 16.2. The van der Waals surface area contributed by atoms with E-state index in [0.717, 1.165) is 37.8 Å². The molecule has 0 radical (unpaired) electrons. The van der Waals surface area contributed by atoms with E-state index in [9.17, 15) is 9.59 Å². The van der Waals surface area contributed by atoms with Gasteiger partial charge in [-0.1, -0.05) is 30.3 Å². The van der Waals surface area contributed by atoms with Gasteiger partial charge in [-0.05, 0) is 36.8 Å². The molecule has 2 amide bonds. The number of nitrogens with zero attached hydrogens (tertiary/aromatic N) is 2. The van der Waals surface area contributed by atoms with Gasteiger partial charge >= 0.3 is 0 Å². The lowest BCUT2D eigenvalue weighted by Crippen LogP contribution is -2.41. The van der Waals surface area contributed by atoms with E-state index in [0.29, 0.717) is 25.4 Å². The first-order chi connectivity index (χ1) is 12.2. The monoisotopic (exact) mass is 341 g/mol. The maximum absolute atomic E-state index is 11.8. The van der Waals surface area contributed by atoms with Crippen LogP contribution in [0.15, 0.2) is 30.3 Å². The lowest BCUT2D eigenvalue weighted by Gasteiger charge is -2.25. The van der Waals surface area contributed by atoms with E-state index >= 15 is 0 Å². The zero-order valence-corrected chi connectivity index (χ0v) is 14.7. The summed E-state index contributed by atoms with van der Waals surface area (Å²) in [4.78, 5) is 27.5. The number of nitrogens with one attached hydrogen (secondary N) is 1. The van der Waals surface area contributed by atoms with Crippen LogP contribution in [0.1, 0.15) is 31.2 Å². The normalized spacial score (nSPS) is 29.1. The standard InChI is InChI=1S/C20H27N3O2/c24-18-8-4-9-19(25)23(18)11-5-10-21-20-16-13-22(14-17(16)20)12-15-6-2-1-3-7-15/h1-3,6-7,16-17,20-21H,4-5,8-14H2. The molecule has 1 aromatic carbocycles. The third kappa shape index (κ3) is 3.77. The van der Waals surface area contributed by atoms with Crippen molar-refractivity contribution in [3.63, 3.8) is 0 Å². The molecular formula is C20H27N3O2. The Bertz CT molecular complexity index is 605. The Kier molecular flexibility index (Phi) is 4.86. The second-order valence-electron chi connectivity index (χ2n) is 7.63. The number of hydrogen-bond acceptors (Lipinski definition) is 4. The Morgan fingerprint density at radius 2 is 1.68 bits per heavy atom. The summed E-state index contributed by atoms with van der Waals surface area (Å²) in [6.45, 7) is 4.89. The maximum Gasteiger partial charge on any atom is 0.229 e. The summed E-state index contributed by atoms with van der Waals surface area (Å²) in [6.07, 6.45) is 2.64. The summed E-state index contributed by atoms with van der Waals surface area (Å²) in [5, 5.41) is 3.64. The zero-order valence-electron chi connectivity index (χ0n) is 14.7. The SMILES string of the molecule is O=C1CCCC(=O)N1CCCNC1C2CN(Cc3ccccc3)CC21. The number of fused-ring (bicyclic) bond motifs is 1. The Morgan fingerprint density at radius 3 is 2.36 bits per heavy atom. The molecule has 2 aliphatic heterocycles. The molecule has 25 heavy (non-hydrogen) atoms. The molecule has 3 fully saturated rings. The molecule has 1 N–H and O–H groups in total. The van der Waals surface area contributed by atoms with Gasteiger partial charge in [-0.25, -0.2) is 0 Å². The molecule has 4 rings (SSSR count). The lowest BCUT2D eigenvalue weighted by atomic mass is 10.1. The summed E-state index contributed by atoms with van der Waals surface area (Å²) in [5.41, 5.74) is 1.39. The van der Waals surface area contributed by atoms with Gasteiger partial charge in [-0.15, -0.1) is 0 Å².